The van der Waals surface area contributed by atoms with Crippen LogP contribution in [0.1, 0.15) is 35.5 Å². The highest BCUT2D eigenvalue weighted by Crippen LogP contribution is 2.23. The lowest BCUT2D eigenvalue weighted by atomic mass is 10.1. The summed E-state index contributed by atoms with van der Waals surface area (Å²) < 4.78 is 8.57. The molecule has 1 saturated heterocycles. The van der Waals surface area contributed by atoms with Gasteiger partial charge in [-0.15, -0.1) is 0 Å². The Morgan fingerprint density at radius 3 is 2.58 bits per heavy atom. The van der Waals surface area contributed by atoms with E-state index in [0.717, 1.165) is 17.0 Å². The summed E-state index contributed by atoms with van der Waals surface area (Å²) in [5, 5.41) is 9.23. The summed E-state index contributed by atoms with van der Waals surface area (Å²) in [6.07, 6.45) is 1.60. The molecule has 0 saturated carbocycles. The van der Waals surface area contributed by atoms with Crippen molar-refractivity contribution in [3.05, 3.63) is 33.9 Å². The molecular formula is C17H22ClN5O3. The first-order valence-electron chi connectivity index (χ1n) is 8.41. The average molecular weight is 380 g/mol. The fourth-order valence-electron chi connectivity index (χ4n) is 3.15. The maximum atomic E-state index is 13.0. The smallest absolute Gasteiger partial charge is 0.306 e. The van der Waals surface area contributed by atoms with Gasteiger partial charge in [-0.3, -0.25) is 19.0 Å². The molecule has 140 valence electrons. The van der Waals surface area contributed by atoms with E-state index in [-0.39, 0.29) is 24.8 Å². The van der Waals surface area contributed by atoms with Gasteiger partial charge >= 0.3 is 5.97 Å². The molecule has 0 aromatic carbocycles. The monoisotopic (exact) mass is 379 g/mol. The highest BCUT2D eigenvalue weighted by Gasteiger charge is 2.34. The van der Waals surface area contributed by atoms with Gasteiger partial charge in [0.05, 0.1) is 17.3 Å². The molecule has 1 fully saturated rings. The molecule has 0 unspecified atom stereocenters. The molecule has 0 N–H and O–H groups in total. The molecule has 3 heterocycles. The Kier molecular flexibility index (Phi) is 5.04. The van der Waals surface area contributed by atoms with E-state index < -0.39 is 6.10 Å². The summed E-state index contributed by atoms with van der Waals surface area (Å²) in [5.41, 5.74) is 3.41. The maximum Gasteiger partial charge on any atom is 0.306 e. The number of hydrogen-bond acceptors (Lipinski definition) is 5. The zero-order chi connectivity index (χ0) is 19.0. The summed E-state index contributed by atoms with van der Waals surface area (Å²) >= 11 is 6.22. The molecule has 0 bridgehead atoms. The van der Waals surface area contributed by atoms with E-state index in [2.05, 4.69) is 10.2 Å². The number of halogens is 1. The number of amides is 1. The van der Waals surface area contributed by atoms with Crippen molar-refractivity contribution in [2.45, 2.75) is 45.9 Å². The number of ether oxygens (including phenoxy) is 1. The fourth-order valence-corrected chi connectivity index (χ4v) is 3.38. The number of esters is 1. The second-order valence-electron chi connectivity index (χ2n) is 6.58. The molecule has 9 heteroatoms. The van der Waals surface area contributed by atoms with Gasteiger partial charge in [-0.1, -0.05) is 11.6 Å². The molecule has 2 aromatic heterocycles. The molecule has 1 aliphatic heterocycles. The third kappa shape index (κ3) is 3.60. The van der Waals surface area contributed by atoms with Crippen molar-refractivity contribution in [3.8, 4) is 0 Å². The molecule has 2 aromatic rings. The number of nitrogens with zero attached hydrogens (tertiary/aromatic N) is 5. The van der Waals surface area contributed by atoms with Crippen LogP contribution >= 0.6 is 11.6 Å². The van der Waals surface area contributed by atoms with Crippen LogP contribution in [0.5, 0.6) is 0 Å². The zero-order valence-corrected chi connectivity index (χ0v) is 16.1. The van der Waals surface area contributed by atoms with Crippen molar-refractivity contribution in [2.75, 3.05) is 0 Å². The van der Waals surface area contributed by atoms with Crippen LogP contribution in [0.3, 0.4) is 0 Å². The summed E-state index contributed by atoms with van der Waals surface area (Å²) in [5.74, 6) is -0.576. The fraction of sp³-hybridized carbons (Fsp3) is 0.529. The van der Waals surface area contributed by atoms with Gasteiger partial charge in [0.15, 0.2) is 6.10 Å². The Balaban J connectivity index is 1.89. The van der Waals surface area contributed by atoms with E-state index in [0.29, 0.717) is 23.7 Å². The molecule has 0 spiro atoms. The maximum absolute atomic E-state index is 13.0. The Labute approximate surface area is 156 Å². The topological polar surface area (TPSA) is 82.3 Å². The van der Waals surface area contributed by atoms with E-state index in [4.69, 9.17) is 16.3 Å². The number of hydrogen-bond donors (Lipinski definition) is 0. The van der Waals surface area contributed by atoms with Crippen molar-refractivity contribution in [1.82, 2.24) is 24.5 Å². The number of aryl methyl sites for hydroxylation is 3. The van der Waals surface area contributed by atoms with Crippen LogP contribution in [0.2, 0.25) is 5.02 Å². The molecule has 0 radical (unpaired) electrons. The van der Waals surface area contributed by atoms with Crippen molar-refractivity contribution < 1.29 is 14.3 Å². The van der Waals surface area contributed by atoms with Crippen LogP contribution in [-0.4, -0.2) is 42.4 Å². The molecule has 1 amide bonds. The SMILES string of the molecule is Cc1nn(C)c(C)c1CN(Cc1nn(C)cc1Cl)C(=O)[C@H]1CCC(=O)O1. The van der Waals surface area contributed by atoms with E-state index in [1.165, 1.54) is 0 Å². The van der Waals surface area contributed by atoms with Gasteiger partial charge in [-0.25, -0.2) is 0 Å². The third-order valence-corrected chi connectivity index (χ3v) is 4.99. The van der Waals surface area contributed by atoms with Gasteiger partial charge in [-0.2, -0.15) is 10.2 Å². The zero-order valence-electron chi connectivity index (χ0n) is 15.3. The summed E-state index contributed by atoms with van der Waals surface area (Å²) in [4.78, 5) is 26.0. The minimum atomic E-state index is -0.748. The summed E-state index contributed by atoms with van der Waals surface area (Å²) in [6.45, 7) is 4.46. The third-order valence-electron chi connectivity index (χ3n) is 4.67. The number of cyclic esters (lactones) is 1. The predicted molar refractivity (Wildman–Crippen MR) is 94.3 cm³/mol. The number of carbonyl (C=O) groups is 2. The Bertz CT molecular complexity index is 857. The standard InChI is InChI=1S/C17H22ClN5O3/c1-10-12(11(2)22(4)19-10)7-23(9-14-13(18)8-21(3)20-14)17(25)15-5-6-16(24)26-15/h8,15H,5-7,9H2,1-4H3/t15-/m1/s1. The molecular weight excluding hydrogens is 358 g/mol. The second kappa shape index (κ2) is 7.11. The van der Waals surface area contributed by atoms with Crippen LogP contribution in [0.4, 0.5) is 0 Å². The van der Waals surface area contributed by atoms with E-state index in [1.54, 1.807) is 27.5 Å². The van der Waals surface area contributed by atoms with Gasteiger partial charge in [0, 0.05) is 50.9 Å². The van der Waals surface area contributed by atoms with E-state index in [9.17, 15) is 9.59 Å². The van der Waals surface area contributed by atoms with E-state index >= 15 is 0 Å². The summed E-state index contributed by atoms with van der Waals surface area (Å²) in [7, 11) is 3.64. The Morgan fingerprint density at radius 1 is 1.35 bits per heavy atom. The normalized spacial score (nSPS) is 16.8. The van der Waals surface area contributed by atoms with Gasteiger partial charge in [0.1, 0.15) is 5.69 Å². The minimum Gasteiger partial charge on any atom is -0.452 e. The quantitative estimate of drug-likeness (QED) is 0.738. The minimum absolute atomic E-state index is 0.236. The second-order valence-corrected chi connectivity index (χ2v) is 6.99. The largest absolute Gasteiger partial charge is 0.452 e. The summed E-state index contributed by atoms with van der Waals surface area (Å²) in [6, 6.07) is 0. The highest BCUT2D eigenvalue weighted by molar-refractivity contribution is 6.31. The van der Waals surface area contributed by atoms with Crippen LogP contribution in [0.25, 0.3) is 0 Å². The van der Waals surface area contributed by atoms with Crippen molar-refractivity contribution >= 4 is 23.5 Å². The Hall–Kier alpha value is -2.35. The lowest BCUT2D eigenvalue weighted by Crippen LogP contribution is -2.38. The van der Waals surface area contributed by atoms with Gasteiger partial charge in [-0.05, 0) is 13.8 Å². The van der Waals surface area contributed by atoms with Crippen LogP contribution in [0.15, 0.2) is 6.20 Å². The van der Waals surface area contributed by atoms with Crippen LogP contribution in [-0.2, 0) is 41.5 Å². The number of rotatable bonds is 5. The molecule has 1 aliphatic rings. The first-order chi connectivity index (χ1) is 12.3. The Morgan fingerprint density at radius 2 is 2.08 bits per heavy atom. The molecule has 8 nitrogen and oxygen atoms in total. The molecule has 1 atom stereocenters. The number of aromatic nitrogens is 4. The predicted octanol–water partition coefficient (Wildman–Crippen LogP) is 1.66. The molecule has 3 rings (SSSR count). The van der Waals surface area contributed by atoms with Gasteiger partial charge in [0.25, 0.3) is 5.91 Å². The number of carbonyl (C=O) groups excluding carboxylic acids is 2. The van der Waals surface area contributed by atoms with Gasteiger partial charge < -0.3 is 9.64 Å². The average Bonchev–Trinajstić information content (AvgIpc) is 3.20. The lowest BCUT2D eigenvalue weighted by Gasteiger charge is -2.24. The molecule has 26 heavy (non-hydrogen) atoms. The van der Waals surface area contributed by atoms with Gasteiger partial charge in [0.2, 0.25) is 0 Å². The first kappa shape index (κ1) is 18.4. The molecule has 0 aliphatic carbocycles. The highest BCUT2D eigenvalue weighted by atomic mass is 35.5. The van der Waals surface area contributed by atoms with Crippen molar-refractivity contribution in [1.29, 1.82) is 0 Å². The lowest BCUT2D eigenvalue weighted by molar-refractivity contribution is -0.153. The first-order valence-corrected chi connectivity index (χ1v) is 8.79. The van der Waals surface area contributed by atoms with Crippen molar-refractivity contribution in [2.24, 2.45) is 14.1 Å². The van der Waals surface area contributed by atoms with Crippen LogP contribution < -0.4 is 0 Å². The van der Waals surface area contributed by atoms with Crippen LogP contribution in [0, 0.1) is 13.8 Å². The van der Waals surface area contributed by atoms with E-state index in [1.807, 2.05) is 20.9 Å². The van der Waals surface area contributed by atoms with Crippen molar-refractivity contribution in [3.63, 3.8) is 0 Å².